The van der Waals surface area contributed by atoms with Gasteiger partial charge < -0.3 is 20.3 Å². The van der Waals surface area contributed by atoms with E-state index in [0.717, 1.165) is 0 Å². The van der Waals surface area contributed by atoms with Crippen molar-refractivity contribution in [1.82, 2.24) is 4.31 Å². The van der Waals surface area contributed by atoms with Gasteiger partial charge in [0.25, 0.3) is 0 Å². The first kappa shape index (κ1) is 15.9. The van der Waals surface area contributed by atoms with Crippen molar-refractivity contribution in [3.63, 3.8) is 0 Å². The summed E-state index contributed by atoms with van der Waals surface area (Å²) in [6, 6.07) is 2.77. The molecular weight excluding hydrogens is 296 g/mol. The molecule has 0 aromatic heterocycles. The number of aliphatic hydroxyl groups is 1. The van der Waals surface area contributed by atoms with Crippen LogP contribution in [0.5, 0.6) is 11.5 Å². The number of methoxy groups -OCH3 is 2. The summed E-state index contributed by atoms with van der Waals surface area (Å²) in [6.45, 7) is 0.450. The summed E-state index contributed by atoms with van der Waals surface area (Å²) in [5.41, 5.74) is 6.01. The SMILES string of the molecule is COc1cc(OC)c(S(=O)(=O)N2CCCC(O)C2)cc1N. The highest BCUT2D eigenvalue weighted by atomic mass is 32.2. The topological polar surface area (TPSA) is 102 Å². The van der Waals surface area contributed by atoms with Crippen molar-refractivity contribution in [3.8, 4) is 11.5 Å². The Morgan fingerprint density at radius 3 is 2.52 bits per heavy atom. The molecule has 21 heavy (non-hydrogen) atoms. The molecule has 0 bridgehead atoms. The summed E-state index contributed by atoms with van der Waals surface area (Å²) in [7, 11) is -0.944. The standard InChI is InChI=1S/C13H20N2O5S/c1-19-11-7-12(20-2)13(6-10(11)14)21(17,18)15-5-3-4-9(16)8-15/h6-7,9,16H,3-5,8,14H2,1-2H3. The van der Waals surface area contributed by atoms with Gasteiger partial charge in [-0.25, -0.2) is 8.42 Å². The molecule has 1 saturated heterocycles. The molecule has 0 saturated carbocycles. The molecule has 1 heterocycles. The number of ether oxygens (including phenoxy) is 2. The van der Waals surface area contributed by atoms with Gasteiger partial charge >= 0.3 is 0 Å². The maximum Gasteiger partial charge on any atom is 0.246 e. The number of hydrogen-bond donors (Lipinski definition) is 2. The monoisotopic (exact) mass is 316 g/mol. The molecule has 1 unspecified atom stereocenters. The van der Waals surface area contributed by atoms with Crippen LogP contribution in [0.15, 0.2) is 17.0 Å². The van der Waals surface area contributed by atoms with Crippen molar-refractivity contribution in [3.05, 3.63) is 12.1 Å². The molecule has 0 radical (unpaired) electrons. The van der Waals surface area contributed by atoms with E-state index in [1.54, 1.807) is 0 Å². The molecule has 1 aromatic carbocycles. The predicted molar refractivity (Wildman–Crippen MR) is 78.0 cm³/mol. The third-order valence-corrected chi connectivity index (χ3v) is 5.38. The second kappa shape index (κ2) is 6.08. The summed E-state index contributed by atoms with van der Waals surface area (Å²) in [5.74, 6) is 0.519. The minimum Gasteiger partial charge on any atom is -0.495 e. The Hall–Kier alpha value is -1.51. The van der Waals surface area contributed by atoms with Gasteiger partial charge in [0.1, 0.15) is 16.4 Å². The number of benzene rings is 1. The number of nitrogens with two attached hydrogens (primary N) is 1. The summed E-state index contributed by atoms with van der Waals surface area (Å²) in [6.07, 6.45) is 0.581. The first-order chi connectivity index (χ1) is 9.90. The van der Waals surface area contributed by atoms with Crippen molar-refractivity contribution in [2.75, 3.05) is 33.0 Å². The minimum atomic E-state index is -3.77. The minimum absolute atomic E-state index is 0.0163. The number of β-amino-alcohol motifs (C(OH)–C–C–N with tert-alkyl or cyclic N) is 1. The highest BCUT2D eigenvalue weighted by molar-refractivity contribution is 7.89. The van der Waals surface area contributed by atoms with E-state index in [4.69, 9.17) is 15.2 Å². The number of hydrogen-bond acceptors (Lipinski definition) is 6. The summed E-state index contributed by atoms with van der Waals surface area (Å²) >= 11 is 0. The fourth-order valence-electron chi connectivity index (χ4n) is 2.37. The van der Waals surface area contributed by atoms with Crippen LogP contribution in [0.4, 0.5) is 5.69 Å². The zero-order chi connectivity index (χ0) is 15.6. The molecule has 1 aromatic rings. The molecule has 0 spiro atoms. The Morgan fingerprint density at radius 1 is 1.29 bits per heavy atom. The van der Waals surface area contributed by atoms with Crippen LogP contribution in [0, 0.1) is 0 Å². The Balaban J connectivity index is 2.46. The van der Waals surface area contributed by atoms with E-state index in [9.17, 15) is 13.5 Å². The van der Waals surface area contributed by atoms with Crippen molar-refractivity contribution < 1.29 is 23.0 Å². The average Bonchev–Trinajstić information content (AvgIpc) is 2.47. The fourth-order valence-corrected chi connectivity index (χ4v) is 4.06. The quantitative estimate of drug-likeness (QED) is 0.781. The van der Waals surface area contributed by atoms with E-state index in [-0.39, 0.29) is 22.9 Å². The normalized spacial score (nSPS) is 20.2. The Morgan fingerprint density at radius 2 is 1.95 bits per heavy atom. The maximum atomic E-state index is 12.7. The Kier molecular flexibility index (Phi) is 4.60. The number of aliphatic hydroxyl groups excluding tert-OH is 1. The molecule has 2 rings (SSSR count). The highest BCUT2D eigenvalue weighted by Gasteiger charge is 2.32. The summed E-state index contributed by atoms with van der Waals surface area (Å²) in [5, 5.41) is 9.67. The zero-order valence-corrected chi connectivity index (χ0v) is 12.9. The number of nitrogens with zero attached hydrogens (tertiary/aromatic N) is 1. The predicted octanol–water partition coefficient (Wildman–Crippen LogP) is 0.431. The van der Waals surface area contributed by atoms with Gasteiger partial charge in [0, 0.05) is 19.2 Å². The van der Waals surface area contributed by atoms with Gasteiger partial charge in [0.2, 0.25) is 10.0 Å². The van der Waals surface area contributed by atoms with Crippen LogP contribution in [0.2, 0.25) is 0 Å². The van der Waals surface area contributed by atoms with E-state index in [1.165, 1.54) is 30.7 Å². The molecule has 0 amide bonds. The van der Waals surface area contributed by atoms with Gasteiger partial charge in [-0.05, 0) is 18.9 Å². The van der Waals surface area contributed by atoms with Gasteiger partial charge in [0.05, 0.1) is 26.0 Å². The first-order valence-corrected chi connectivity index (χ1v) is 8.04. The second-order valence-electron chi connectivity index (χ2n) is 4.90. The highest BCUT2D eigenvalue weighted by Crippen LogP contribution is 2.35. The average molecular weight is 316 g/mol. The zero-order valence-electron chi connectivity index (χ0n) is 12.1. The molecule has 1 fully saturated rings. The molecule has 7 nitrogen and oxygen atoms in total. The van der Waals surface area contributed by atoms with Crippen molar-refractivity contribution in [1.29, 1.82) is 0 Å². The number of anilines is 1. The van der Waals surface area contributed by atoms with Crippen LogP contribution in [0.3, 0.4) is 0 Å². The van der Waals surface area contributed by atoms with Gasteiger partial charge in [-0.3, -0.25) is 0 Å². The number of rotatable bonds is 4. The van der Waals surface area contributed by atoms with E-state index >= 15 is 0 Å². The van der Waals surface area contributed by atoms with Gasteiger partial charge in [-0.1, -0.05) is 0 Å². The molecule has 3 N–H and O–H groups in total. The van der Waals surface area contributed by atoms with Crippen molar-refractivity contribution >= 4 is 15.7 Å². The molecule has 1 aliphatic heterocycles. The molecule has 0 aliphatic carbocycles. The molecule has 1 atom stereocenters. The number of piperidine rings is 1. The molecular formula is C13H20N2O5S. The third-order valence-electron chi connectivity index (χ3n) is 3.49. The van der Waals surface area contributed by atoms with Crippen LogP contribution in [0.25, 0.3) is 0 Å². The molecule has 1 aliphatic rings. The van der Waals surface area contributed by atoms with E-state index < -0.39 is 16.1 Å². The van der Waals surface area contributed by atoms with Crippen LogP contribution in [-0.4, -0.2) is 51.2 Å². The van der Waals surface area contributed by atoms with Gasteiger partial charge in [-0.15, -0.1) is 0 Å². The largest absolute Gasteiger partial charge is 0.495 e. The van der Waals surface area contributed by atoms with Crippen molar-refractivity contribution in [2.24, 2.45) is 0 Å². The van der Waals surface area contributed by atoms with E-state index in [1.807, 2.05) is 0 Å². The molecule has 118 valence electrons. The van der Waals surface area contributed by atoms with E-state index in [0.29, 0.717) is 25.1 Å². The fraction of sp³-hybridized carbons (Fsp3) is 0.538. The summed E-state index contributed by atoms with van der Waals surface area (Å²) < 4.78 is 36.9. The maximum absolute atomic E-state index is 12.7. The smallest absolute Gasteiger partial charge is 0.246 e. The number of nitrogen functional groups attached to an aromatic ring is 1. The lowest BCUT2D eigenvalue weighted by molar-refractivity contribution is 0.108. The lowest BCUT2D eigenvalue weighted by Crippen LogP contribution is -2.42. The Labute approximate surface area is 124 Å². The van der Waals surface area contributed by atoms with Crippen LogP contribution in [-0.2, 0) is 10.0 Å². The first-order valence-electron chi connectivity index (χ1n) is 6.60. The lowest BCUT2D eigenvalue weighted by Gasteiger charge is -2.29. The Bertz CT molecular complexity index is 617. The van der Waals surface area contributed by atoms with E-state index in [2.05, 4.69) is 0 Å². The van der Waals surface area contributed by atoms with Crippen LogP contribution < -0.4 is 15.2 Å². The van der Waals surface area contributed by atoms with Crippen LogP contribution in [0.1, 0.15) is 12.8 Å². The van der Waals surface area contributed by atoms with Crippen molar-refractivity contribution in [2.45, 2.75) is 23.8 Å². The van der Waals surface area contributed by atoms with Gasteiger partial charge in [0.15, 0.2) is 0 Å². The van der Waals surface area contributed by atoms with Gasteiger partial charge in [-0.2, -0.15) is 4.31 Å². The lowest BCUT2D eigenvalue weighted by atomic mass is 10.1. The third kappa shape index (κ3) is 3.07. The van der Waals surface area contributed by atoms with Crippen LogP contribution >= 0.6 is 0 Å². The summed E-state index contributed by atoms with van der Waals surface area (Å²) in [4.78, 5) is -0.0163. The molecule has 8 heteroatoms. The second-order valence-corrected chi connectivity index (χ2v) is 6.81. The number of sulfonamides is 1.